The van der Waals surface area contributed by atoms with Crippen molar-refractivity contribution in [2.75, 3.05) is 26.1 Å². The monoisotopic (exact) mass is 337 g/mol. The van der Waals surface area contributed by atoms with Crippen LogP contribution in [0.4, 0.5) is 5.69 Å². The summed E-state index contributed by atoms with van der Waals surface area (Å²) in [6.45, 7) is 0.912. The molecule has 4 nitrogen and oxygen atoms in total. The summed E-state index contributed by atoms with van der Waals surface area (Å²) < 4.78 is 17.2. The van der Waals surface area contributed by atoms with Crippen LogP contribution in [0.25, 0.3) is 0 Å². The van der Waals surface area contributed by atoms with Crippen LogP contribution in [0.5, 0.6) is 17.2 Å². The van der Waals surface area contributed by atoms with E-state index < -0.39 is 0 Å². The summed E-state index contributed by atoms with van der Waals surface area (Å²) in [5, 5.41) is 0. The summed E-state index contributed by atoms with van der Waals surface area (Å²) in [7, 11) is 1.58. The van der Waals surface area contributed by atoms with Crippen LogP contribution < -0.4 is 19.9 Å². The maximum Gasteiger partial charge on any atom is 0.142 e. The molecule has 0 amide bonds. The summed E-state index contributed by atoms with van der Waals surface area (Å²) >= 11 is 3.37. The molecule has 0 aliphatic carbocycles. The predicted molar refractivity (Wildman–Crippen MR) is 82.5 cm³/mol. The first-order chi connectivity index (χ1) is 9.69. The van der Waals surface area contributed by atoms with E-state index in [4.69, 9.17) is 19.9 Å². The molecule has 0 fully saturated rings. The number of anilines is 1. The third-order valence-electron chi connectivity index (χ3n) is 2.64. The molecule has 2 aromatic carbocycles. The molecule has 20 heavy (non-hydrogen) atoms. The van der Waals surface area contributed by atoms with Gasteiger partial charge in [0.25, 0.3) is 0 Å². The highest BCUT2D eigenvalue weighted by molar-refractivity contribution is 9.10. The molecule has 0 aromatic heterocycles. The van der Waals surface area contributed by atoms with E-state index >= 15 is 0 Å². The summed E-state index contributed by atoms with van der Waals surface area (Å²) in [5.41, 5.74) is 6.36. The first-order valence-electron chi connectivity index (χ1n) is 6.14. The van der Waals surface area contributed by atoms with Crippen LogP contribution in [0.15, 0.2) is 46.9 Å². The third-order valence-corrected chi connectivity index (χ3v) is 3.16. The average molecular weight is 338 g/mol. The molecule has 2 aromatic rings. The van der Waals surface area contributed by atoms with Gasteiger partial charge in [-0.25, -0.2) is 0 Å². The molecule has 0 bridgehead atoms. The summed E-state index contributed by atoms with van der Waals surface area (Å²) in [4.78, 5) is 0. The van der Waals surface area contributed by atoms with Crippen molar-refractivity contribution in [2.45, 2.75) is 0 Å². The summed E-state index contributed by atoms with van der Waals surface area (Å²) in [6.07, 6.45) is 0. The fraction of sp³-hybridized carbons (Fsp3) is 0.200. The van der Waals surface area contributed by atoms with E-state index in [1.165, 1.54) is 0 Å². The first kappa shape index (κ1) is 14.5. The molecule has 2 rings (SSSR count). The molecule has 0 heterocycles. The lowest BCUT2D eigenvalue weighted by Crippen LogP contribution is -2.09. The second kappa shape index (κ2) is 7.05. The largest absolute Gasteiger partial charge is 0.495 e. The number of rotatable bonds is 6. The van der Waals surface area contributed by atoms with Crippen LogP contribution in [0.3, 0.4) is 0 Å². The highest BCUT2D eigenvalue weighted by Crippen LogP contribution is 2.25. The lowest BCUT2D eigenvalue weighted by atomic mass is 10.3. The van der Waals surface area contributed by atoms with Gasteiger partial charge in [-0.2, -0.15) is 0 Å². The minimum absolute atomic E-state index is 0.446. The van der Waals surface area contributed by atoms with Crippen LogP contribution in [0.1, 0.15) is 0 Å². The quantitative estimate of drug-likeness (QED) is 0.647. The molecule has 2 N–H and O–H groups in total. The highest BCUT2D eigenvalue weighted by Gasteiger charge is 2.01. The zero-order chi connectivity index (χ0) is 14.4. The number of nitrogens with two attached hydrogens (primary N) is 1. The van der Waals surface area contributed by atoms with Crippen LogP contribution >= 0.6 is 15.9 Å². The molecular formula is C15H16BrNO3. The van der Waals surface area contributed by atoms with Gasteiger partial charge in [0.05, 0.1) is 12.8 Å². The van der Waals surface area contributed by atoms with Crippen molar-refractivity contribution < 1.29 is 14.2 Å². The Labute approximate surface area is 126 Å². The SMILES string of the molecule is COc1ccc(OCCOc2ccc(Br)cc2)cc1N. The van der Waals surface area contributed by atoms with E-state index in [2.05, 4.69) is 15.9 Å². The van der Waals surface area contributed by atoms with Gasteiger partial charge in [0.1, 0.15) is 30.5 Å². The summed E-state index contributed by atoms with van der Waals surface area (Å²) in [6, 6.07) is 13.0. The molecule has 0 aliphatic rings. The maximum absolute atomic E-state index is 5.80. The Morgan fingerprint density at radius 1 is 0.950 bits per heavy atom. The molecule has 0 atom stereocenters. The van der Waals surface area contributed by atoms with Crippen molar-refractivity contribution in [3.63, 3.8) is 0 Å². The fourth-order valence-corrected chi connectivity index (χ4v) is 1.92. The number of ether oxygens (including phenoxy) is 3. The molecule has 0 saturated heterocycles. The van der Waals surface area contributed by atoms with Gasteiger partial charge in [0, 0.05) is 10.5 Å². The topological polar surface area (TPSA) is 53.7 Å². The van der Waals surface area contributed by atoms with Crippen molar-refractivity contribution in [3.8, 4) is 17.2 Å². The Balaban J connectivity index is 1.78. The second-order valence-corrected chi connectivity index (χ2v) is 4.97. The van der Waals surface area contributed by atoms with Gasteiger partial charge >= 0.3 is 0 Å². The Kier molecular flexibility index (Phi) is 5.12. The lowest BCUT2D eigenvalue weighted by Gasteiger charge is -2.10. The van der Waals surface area contributed by atoms with Crippen molar-refractivity contribution in [1.82, 2.24) is 0 Å². The van der Waals surface area contributed by atoms with Gasteiger partial charge in [-0.1, -0.05) is 15.9 Å². The second-order valence-electron chi connectivity index (χ2n) is 4.05. The van der Waals surface area contributed by atoms with E-state index in [9.17, 15) is 0 Å². The lowest BCUT2D eigenvalue weighted by molar-refractivity contribution is 0.217. The van der Waals surface area contributed by atoms with E-state index in [0.717, 1.165) is 10.2 Å². The predicted octanol–water partition coefficient (Wildman–Crippen LogP) is 3.50. The highest BCUT2D eigenvalue weighted by atomic mass is 79.9. The standard InChI is InChI=1S/C15H16BrNO3/c1-18-15-7-6-13(10-14(15)17)20-9-8-19-12-4-2-11(16)3-5-12/h2-7,10H,8-9,17H2,1H3. The van der Waals surface area contributed by atoms with Gasteiger partial charge in [-0.05, 0) is 36.4 Å². The van der Waals surface area contributed by atoms with Crippen LogP contribution in [0, 0.1) is 0 Å². The average Bonchev–Trinajstić information content (AvgIpc) is 2.46. The molecule has 0 aliphatic heterocycles. The normalized spacial score (nSPS) is 10.1. The fourth-order valence-electron chi connectivity index (χ4n) is 1.65. The number of methoxy groups -OCH3 is 1. The molecule has 0 spiro atoms. The number of halogens is 1. The van der Waals surface area contributed by atoms with E-state index in [1.54, 1.807) is 19.2 Å². The molecule has 0 unspecified atom stereocenters. The molecule has 5 heteroatoms. The number of nitrogen functional groups attached to an aromatic ring is 1. The van der Waals surface area contributed by atoms with Gasteiger partial charge in [-0.3, -0.25) is 0 Å². The molecule has 0 saturated carbocycles. The van der Waals surface area contributed by atoms with Crippen LogP contribution in [0.2, 0.25) is 0 Å². The van der Waals surface area contributed by atoms with Crippen LogP contribution in [-0.4, -0.2) is 20.3 Å². The van der Waals surface area contributed by atoms with Crippen molar-refractivity contribution in [1.29, 1.82) is 0 Å². The number of benzene rings is 2. The van der Waals surface area contributed by atoms with E-state index in [0.29, 0.717) is 30.4 Å². The zero-order valence-electron chi connectivity index (χ0n) is 11.1. The van der Waals surface area contributed by atoms with Crippen LogP contribution in [-0.2, 0) is 0 Å². The van der Waals surface area contributed by atoms with Crippen molar-refractivity contribution in [2.24, 2.45) is 0 Å². The molecular weight excluding hydrogens is 322 g/mol. The van der Waals surface area contributed by atoms with E-state index in [1.807, 2.05) is 30.3 Å². The van der Waals surface area contributed by atoms with Gasteiger partial charge in [-0.15, -0.1) is 0 Å². The van der Waals surface area contributed by atoms with Gasteiger partial charge < -0.3 is 19.9 Å². The molecule has 106 valence electrons. The van der Waals surface area contributed by atoms with Crippen molar-refractivity contribution in [3.05, 3.63) is 46.9 Å². The maximum atomic E-state index is 5.80. The first-order valence-corrected chi connectivity index (χ1v) is 6.93. The number of hydrogen-bond acceptors (Lipinski definition) is 4. The number of hydrogen-bond donors (Lipinski definition) is 1. The smallest absolute Gasteiger partial charge is 0.142 e. The Morgan fingerprint density at radius 2 is 1.55 bits per heavy atom. The Hall–Kier alpha value is -1.88. The third kappa shape index (κ3) is 4.06. The van der Waals surface area contributed by atoms with Gasteiger partial charge in [0.15, 0.2) is 0 Å². The van der Waals surface area contributed by atoms with E-state index in [-0.39, 0.29) is 0 Å². The summed E-state index contributed by atoms with van der Waals surface area (Å²) in [5.74, 6) is 2.15. The van der Waals surface area contributed by atoms with Crippen molar-refractivity contribution >= 4 is 21.6 Å². The van der Waals surface area contributed by atoms with Gasteiger partial charge in [0.2, 0.25) is 0 Å². The Morgan fingerprint density at radius 3 is 2.15 bits per heavy atom. The zero-order valence-corrected chi connectivity index (χ0v) is 12.7. The minimum Gasteiger partial charge on any atom is -0.495 e. The Bertz CT molecular complexity index is 558. The molecule has 0 radical (unpaired) electrons. The minimum atomic E-state index is 0.446.